The normalized spacial score (nSPS) is 19.0. The van der Waals surface area contributed by atoms with Crippen LogP contribution in [0.15, 0.2) is 54.6 Å². The molecule has 2 aromatic carbocycles. The van der Waals surface area contributed by atoms with Crippen molar-refractivity contribution in [1.29, 1.82) is 5.26 Å². The highest BCUT2D eigenvalue weighted by Crippen LogP contribution is 2.34. The number of hydrogen-bond acceptors (Lipinski definition) is 5. The molecule has 8 heteroatoms. The molecule has 4 rings (SSSR count). The average Bonchev–Trinajstić information content (AvgIpc) is 2.97. The van der Waals surface area contributed by atoms with E-state index in [1.54, 1.807) is 24.3 Å². The zero-order valence-electron chi connectivity index (χ0n) is 22.8. The highest BCUT2D eigenvalue weighted by Gasteiger charge is 2.52. The molecule has 8 nitrogen and oxygen atoms in total. The number of nitriles is 1. The summed E-state index contributed by atoms with van der Waals surface area (Å²) < 4.78 is 0. The first-order chi connectivity index (χ1) is 19.0. The van der Waals surface area contributed by atoms with Crippen LogP contribution >= 0.6 is 0 Å². The minimum atomic E-state index is -0.751. The van der Waals surface area contributed by atoms with Gasteiger partial charge in [-0.2, -0.15) is 5.26 Å². The lowest BCUT2D eigenvalue weighted by atomic mass is 9.81. The third-order valence-electron chi connectivity index (χ3n) is 7.96. The van der Waals surface area contributed by atoms with Crippen LogP contribution in [-0.4, -0.2) is 71.8 Å². The number of benzene rings is 2. The quantitative estimate of drug-likeness (QED) is 0.435. The Bertz CT molecular complexity index is 1180. The van der Waals surface area contributed by atoms with Crippen LogP contribution in [0.3, 0.4) is 0 Å². The van der Waals surface area contributed by atoms with Crippen LogP contribution in [0.2, 0.25) is 0 Å². The van der Waals surface area contributed by atoms with E-state index < -0.39 is 11.6 Å². The van der Waals surface area contributed by atoms with Crippen molar-refractivity contribution >= 4 is 17.7 Å². The molecule has 0 bridgehead atoms. The molecule has 2 aliphatic rings. The van der Waals surface area contributed by atoms with Gasteiger partial charge in [0.1, 0.15) is 11.6 Å². The van der Waals surface area contributed by atoms with E-state index >= 15 is 0 Å². The van der Waals surface area contributed by atoms with Crippen LogP contribution in [0.25, 0.3) is 0 Å². The van der Waals surface area contributed by atoms with Crippen LogP contribution in [0.5, 0.6) is 0 Å². The van der Waals surface area contributed by atoms with E-state index in [1.807, 2.05) is 24.0 Å². The lowest BCUT2D eigenvalue weighted by Crippen LogP contribution is -2.72. The van der Waals surface area contributed by atoms with Gasteiger partial charge in [-0.25, -0.2) is 0 Å². The maximum absolute atomic E-state index is 13.5. The topological polar surface area (TPSA) is 106 Å². The zero-order chi connectivity index (χ0) is 27.7. The number of piperidine rings is 1. The molecule has 2 aromatic rings. The summed E-state index contributed by atoms with van der Waals surface area (Å²) in [4.78, 5) is 43.7. The molecule has 0 aromatic heterocycles. The van der Waals surface area contributed by atoms with Crippen molar-refractivity contribution in [2.24, 2.45) is 0 Å². The van der Waals surface area contributed by atoms with E-state index in [4.69, 9.17) is 5.26 Å². The molecule has 2 heterocycles. The summed E-state index contributed by atoms with van der Waals surface area (Å²) in [6.45, 7) is 5.65. The van der Waals surface area contributed by atoms with E-state index in [1.165, 1.54) is 5.56 Å². The Kier molecular flexibility index (Phi) is 9.72. The van der Waals surface area contributed by atoms with Crippen LogP contribution in [-0.2, 0) is 16.0 Å². The Morgan fingerprint density at radius 2 is 1.85 bits per heavy atom. The van der Waals surface area contributed by atoms with Crippen molar-refractivity contribution in [3.8, 4) is 6.07 Å². The second-order valence-corrected chi connectivity index (χ2v) is 10.6. The third kappa shape index (κ3) is 6.85. The summed E-state index contributed by atoms with van der Waals surface area (Å²) in [5, 5.41) is 14.9. The predicted octanol–water partition coefficient (Wildman–Crippen LogP) is 3.27. The van der Waals surface area contributed by atoms with E-state index in [2.05, 4.69) is 39.8 Å². The summed E-state index contributed by atoms with van der Waals surface area (Å²) in [5.41, 5.74) is 1.46. The first kappa shape index (κ1) is 28.3. The number of likely N-dealkylation sites (tertiary alicyclic amines) is 1. The fraction of sp³-hybridized carbons (Fsp3) is 0.484. The van der Waals surface area contributed by atoms with E-state index in [-0.39, 0.29) is 17.7 Å². The van der Waals surface area contributed by atoms with Crippen LogP contribution in [0, 0.1) is 11.3 Å². The SMILES string of the molecule is CCCN1C(=O)[C@H](CCCCNC(=O)c2cccc(C#N)c2)NC(=O)C12CCN(CCc1ccccc1)CC2. The minimum absolute atomic E-state index is 0.0195. The molecule has 2 fully saturated rings. The molecule has 0 aliphatic carbocycles. The molecule has 39 heavy (non-hydrogen) atoms. The maximum atomic E-state index is 13.5. The Morgan fingerprint density at radius 1 is 1.08 bits per heavy atom. The summed E-state index contributed by atoms with van der Waals surface area (Å²) in [5.74, 6) is -0.221. The van der Waals surface area contributed by atoms with Crippen molar-refractivity contribution in [3.05, 3.63) is 71.3 Å². The molecular weight excluding hydrogens is 490 g/mol. The van der Waals surface area contributed by atoms with Gasteiger partial charge in [-0.15, -0.1) is 0 Å². The van der Waals surface area contributed by atoms with Gasteiger partial charge in [-0.05, 0) is 68.7 Å². The third-order valence-corrected chi connectivity index (χ3v) is 7.96. The Morgan fingerprint density at radius 3 is 2.56 bits per heavy atom. The first-order valence-electron chi connectivity index (χ1n) is 14.1. The number of hydrogen-bond donors (Lipinski definition) is 2. The molecule has 206 valence electrons. The van der Waals surface area contributed by atoms with Gasteiger partial charge in [0.25, 0.3) is 5.91 Å². The lowest BCUT2D eigenvalue weighted by Gasteiger charge is -2.51. The number of nitrogens with zero attached hydrogens (tertiary/aromatic N) is 3. The summed E-state index contributed by atoms with van der Waals surface area (Å²) in [6, 6.07) is 18.5. The second-order valence-electron chi connectivity index (χ2n) is 10.6. The fourth-order valence-electron chi connectivity index (χ4n) is 5.70. The maximum Gasteiger partial charge on any atom is 0.251 e. The number of amides is 3. The van der Waals surface area contributed by atoms with Gasteiger partial charge in [0.15, 0.2) is 0 Å². The molecule has 1 spiro atoms. The van der Waals surface area contributed by atoms with Crippen molar-refractivity contribution in [2.45, 2.75) is 63.5 Å². The van der Waals surface area contributed by atoms with Gasteiger partial charge in [-0.1, -0.05) is 43.3 Å². The van der Waals surface area contributed by atoms with E-state index in [0.29, 0.717) is 56.3 Å². The van der Waals surface area contributed by atoms with Gasteiger partial charge >= 0.3 is 0 Å². The number of unbranched alkanes of at least 4 members (excludes halogenated alkanes) is 1. The summed E-state index contributed by atoms with van der Waals surface area (Å²) in [7, 11) is 0. The molecule has 2 saturated heterocycles. The number of rotatable bonds is 11. The van der Waals surface area contributed by atoms with E-state index in [9.17, 15) is 14.4 Å². The molecule has 0 unspecified atom stereocenters. The first-order valence-corrected chi connectivity index (χ1v) is 14.1. The standard InChI is InChI=1S/C31H39N5O3/c1-2-18-36-29(38)27(13-6-7-17-33-28(37)26-12-8-11-25(22-26)23-32)34-30(39)31(36)15-20-35(21-16-31)19-14-24-9-4-3-5-10-24/h3-5,8-12,22,27H,2,6-7,13-21H2,1H3,(H,33,37)(H,34,39)/t27-/m0/s1. The predicted molar refractivity (Wildman–Crippen MR) is 150 cm³/mol. The number of carbonyl (C=O) groups is 3. The van der Waals surface area contributed by atoms with Crippen molar-refractivity contribution in [1.82, 2.24) is 20.4 Å². The van der Waals surface area contributed by atoms with Crippen molar-refractivity contribution in [3.63, 3.8) is 0 Å². The summed E-state index contributed by atoms with van der Waals surface area (Å²) >= 11 is 0. The molecule has 3 amide bonds. The molecular formula is C31H39N5O3. The van der Waals surface area contributed by atoms with Gasteiger partial charge in [0.2, 0.25) is 11.8 Å². The Hall–Kier alpha value is -3.70. The second kappa shape index (κ2) is 13.4. The lowest BCUT2D eigenvalue weighted by molar-refractivity contribution is -0.161. The number of carbonyl (C=O) groups excluding carboxylic acids is 3. The molecule has 2 aliphatic heterocycles. The largest absolute Gasteiger partial charge is 0.352 e. The molecule has 0 radical (unpaired) electrons. The van der Waals surface area contributed by atoms with Gasteiger partial charge in [0, 0.05) is 38.3 Å². The highest BCUT2D eigenvalue weighted by atomic mass is 16.2. The molecule has 0 saturated carbocycles. The monoisotopic (exact) mass is 529 g/mol. The van der Waals surface area contributed by atoms with Crippen molar-refractivity contribution in [2.75, 3.05) is 32.7 Å². The minimum Gasteiger partial charge on any atom is -0.352 e. The number of nitrogens with one attached hydrogen (secondary N) is 2. The van der Waals surface area contributed by atoms with Crippen LogP contribution in [0.1, 0.15) is 66.9 Å². The average molecular weight is 530 g/mol. The Balaban J connectivity index is 1.26. The summed E-state index contributed by atoms with van der Waals surface area (Å²) in [6.07, 6.45) is 5.05. The van der Waals surface area contributed by atoms with Crippen LogP contribution in [0.4, 0.5) is 0 Å². The van der Waals surface area contributed by atoms with Crippen molar-refractivity contribution < 1.29 is 14.4 Å². The van der Waals surface area contributed by atoms with Gasteiger partial charge in [0.05, 0.1) is 11.6 Å². The molecule has 2 N–H and O–H groups in total. The number of piperazine rings is 1. The van der Waals surface area contributed by atoms with Gasteiger partial charge < -0.3 is 20.4 Å². The van der Waals surface area contributed by atoms with E-state index in [0.717, 1.165) is 32.5 Å². The highest BCUT2D eigenvalue weighted by molar-refractivity contribution is 6.00. The smallest absolute Gasteiger partial charge is 0.251 e. The molecule has 1 atom stereocenters. The zero-order valence-corrected chi connectivity index (χ0v) is 22.8. The Labute approximate surface area is 231 Å². The van der Waals surface area contributed by atoms with Gasteiger partial charge in [-0.3, -0.25) is 14.4 Å². The van der Waals surface area contributed by atoms with Crippen LogP contribution < -0.4 is 10.6 Å². The fourth-order valence-corrected chi connectivity index (χ4v) is 5.70.